The first-order valence-corrected chi connectivity index (χ1v) is 10.9. The van der Waals surface area contributed by atoms with Crippen LogP contribution in [0.15, 0.2) is 42.5 Å². The van der Waals surface area contributed by atoms with E-state index in [1.165, 1.54) is 0 Å². The zero-order chi connectivity index (χ0) is 22.0. The van der Waals surface area contributed by atoms with Gasteiger partial charge in [-0.1, -0.05) is 18.2 Å². The van der Waals surface area contributed by atoms with Crippen molar-refractivity contribution in [1.29, 1.82) is 0 Å². The number of amides is 1. The second kappa shape index (κ2) is 8.81. The molecule has 2 aliphatic rings. The first-order chi connectivity index (χ1) is 14.9. The van der Waals surface area contributed by atoms with Crippen LogP contribution in [0.4, 0.5) is 5.69 Å². The van der Waals surface area contributed by atoms with Gasteiger partial charge >= 0.3 is 0 Å². The third-order valence-corrected chi connectivity index (χ3v) is 6.43. The van der Waals surface area contributed by atoms with Crippen molar-refractivity contribution in [1.82, 2.24) is 4.90 Å². The highest BCUT2D eigenvalue weighted by Gasteiger charge is 2.37. The molecular formula is C25H30N2O4. The zero-order valence-corrected chi connectivity index (χ0v) is 18.3. The highest BCUT2D eigenvalue weighted by atomic mass is 16.5. The average molecular weight is 423 g/mol. The molecule has 0 bridgehead atoms. The van der Waals surface area contributed by atoms with Gasteiger partial charge in [-0.05, 0) is 62.1 Å². The number of aryl methyl sites for hydroxylation is 1. The van der Waals surface area contributed by atoms with Crippen LogP contribution in [0.1, 0.15) is 47.7 Å². The molecule has 4 rings (SSSR count). The first-order valence-electron chi connectivity index (χ1n) is 10.9. The van der Waals surface area contributed by atoms with Crippen LogP contribution in [0.2, 0.25) is 0 Å². The Bertz CT molecular complexity index is 989. The van der Waals surface area contributed by atoms with Crippen molar-refractivity contribution in [3.05, 3.63) is 59.2 Å². The van der Waals surface area contributed by atoms with Crippen LogP contribution in [0.3, 0.4) is 0 Å². The van der Waals surface area contributed by atoms with E-state index in [2.05, 4.69) is 0 Å². The summed E-state index contributed by atoms with van der Waals surface area (Å²) in [4.78, 5) is 28.8. The van der Waals surface area contributed by atoms with Crippen molar-refractivity contribution in [3.63, 3.8) is 0 Å². The Labute approximate surface area is 183 Å². The topological polar surface area (TPSA) is 70.1 Å². The summed E-state index contributed by atoms with van der Waals surface area (Å²) >= 11 is 0. The number of methoxy groups -OCH3 is 1. The molecule has 2 aromatic carbocycles. The lowest BCUT2D eigenvalue weighted by Crippen LogP contribution is -2.47. The van der Waals surface area contributed by atoms with Crippen molar-refractivity contribution in [2.24, 2.45) is 0 Å². The Morgan fingerprint density at radius 3 is 2.71 bits per heavy atom. The molecule has 31 heavy (non-hydrogen) atoms. The van der Waals surface area contributed by atoms with Crippen LogP contribution in [0, 0.1) is 0 Å². The Morgan fingerprint density at radius 1 is 1.13 bits per heavy atom. The number of ketones is 1. The molecule has 6 heteroatoms. The predicted molar refractivity (Wildman–Crippen MR) is 120 cm³/mol. The highest BCUT2D eigenvalue weighted by molar-refractivity contribution is 5.99. The highest BCUT2D eigenvalue weighted by Crippen LogP contribution is 2.37. The maximum atomic E-state index is 13.1. The monoisotopic (exact) mass is 422 g/mol. The molecule has 1 amide bonds. The fourth-order valence-electron chi connectivity index (χ4n) is 4.90. The van der Waals surface area contributed by atoms with E-state index in [-0.39, 0.29) is 18.2 Å². The molecule has 6 nitrogen and oxygen atoms in total. The van der Waals surface area contributed by atoms with E-state index in [4.69, 9.17) is 4.74 Å². The number of anilines is 1. The lowest BCUT2D eigenvalue weighted by molar-refractivity contribution is -0.116. The third-order valence-electron chi connectivity index (χ3n) is 6.43. The average Bonchev–Trinajstić information content (AvgIpc) is 2.78. The number of β-amino-alcohol motifs (C(OH)–C–C–N with tert-alkyl or cyclic N) is 1. The van der Waals surface area contributed by atoms with E-state index in [9.17, 15) is 14.7 Å². The van der Waals surface area contributed by atoms with Crippen molar-refractivity contribution in [3.8, 4) is 5.75 Å². The summed E-state index contributed by atoms with van der Waals surface area (Å²) in [6.07, 6.45) is 3.22. The molecule has 1 saturated heterocycles. The number of Topliss-reactive ketones (excluding diaryl/α,β-unsaturated/α-hetero) is 1. The predicted octanol–water partition coefficient (Wildman–Crippen LogP) is 3.16. The number of fused-ring (bicyclic) bond motifs is 1. The van der Waals surface area contributed by atoms with Crippen molar-refractivity contribution >= 4 is 17.4 Å². The molecule has 2 aliphatic heterocycles. The van der Waals surface area contributed by atoms with E-state index in [0.29, 0.717) is 24.3 Å². The van der Waals surface area contributed by atoms with Crippen LogP contribution in [0.5, 0.6) is 5.75 Å². The summed E-state index contributed by atoms with van der Waals surface area (Å²) in [6.45, 7) is 3.72. The normalized spacial score (nSPS) is 21.5. The number of nitrogens with zero attached hydrogens (tertiary/aromatic N) is 2. The van der Waals surface area contributed by atoms with E-state index in [0.717, 1.165) is 49.2 Å². The molecule has 0 aromatic heterocycles. The summed E-state index contributed by atoms with van der Waals surface area (Å²) in [5.41, 5.74) is 2.36. The minimum atomic E-state index is -1.04. The number of piperidine rings is 1. The second-order valence-corrected chi connectivity index (χ2v) is 8.59. The Balaban J connectivity index is 1.49. The number of hydrogen-bond donors (Lipinski definition) is 1. The van der Waals surface area contributed by atoms with Gasteiger partial charge in [-0.3, -0.25) is 14.5 Å². The molecule has 0 spiro atoms. The molecule has 0 radical (unpaired) electrons. The van der Waals surface area contributed by atoms with Crippen LogP contribution >= 0.6 is 0 Å². The molecule has 1 N–H and O–H groups in total. The van der Waals surface area contributed by atoms with Crippen LogP contribution in [-0.4, -0.2) is 55.0 Å². The second-order valence-electron chi connectivity index (χ2n) is 8.59. The van der Waals surface area contributed by atoms with Gasteiger partial charge < -0.3 is 14.7 Å². The summed E-state index contributed by atoms with van der Waals surface area (Å²) in [5.74, 6) is 0.735. The van der Waals surface area contributed by atoms with Gasteiger partial charge in [-0.25, -0.2) is 0 Å². The molecule has 1 fully saturated rings. The standard InChI is InChI=1S/C25H30N2O4/c1-18(28)27-14-5-7-19-15-20(10-11-22(19)27)23(29)16-26-13-6-12-25(30,17-26)21-8-3-4-9-24(21)31-2/h3-4,8-11,15,30H,5-7,12-14,16-17H2,1-2H3/t25-/m0/s1. The molecule has 0 aliphatic carbocycles. The molecular weight excluding hydrogens is 392 g/mol. The number of aliphatic hydroxyl groups is 1. The van der Waals surface area contributed by atoms with E-state index >= 15 is 0 Å². The molecule has 164 valence electrons. The van der Waals surface area contributed by atoms with Gasteiger partial charge in [0.25, 0.3) is 0 Å². The van der Waals surface area contributed by atoms with E-state index < -0.39 is 5.60 Å². The Morgan fingerprint density at radius 2 is 1.94 bits per heavy atom. The van der Waals surface area contributed by atoms with Gasteiger partial charge in [0.2, 0.25) is 5.91 Å². The lowest BCUT2D eigenvalue weighted by Gasteiger charge is -2.39. The number of benzene rings is 2. The third kappa shape index (κ3) is 4.36. The van der Waals surface area contributed by atoms with E-state index in [1.807, 2.05) is 47.4 Å². The minimum Gasteiger partial charge on any atom is -0.496 e. The van der Waals surface area contributed by atoms with Gasteiger partial charge in [-0.2, -0.15) is 0 Å². The Hall–Kier alpha value is -2.70. The van der Waals surface area contributed by atoms with Crippen LogP contribution in [0.25, 0.3) is 0 Å². The van der Waals surface area contributed by atoms with Crippen LogP contribution < -0.4 is 9.64 Å². The fraction of sp³-hybridized carbons (Fsp3) is 0.440. The number of likely N-dealkylation sites (tertiary alicyclic amines) is 1. The largest absolute Gasteiger partial charge is 0.496 e. The number of hydrogen-bond acceptors (Lipinski definition) is 5. The summed E-state index contributed by atoms with van der Waals surface area (Å²) in [5, 5.41) is 11.4. The number of rotatable bonds is 5. The maximum absolute atomic E-state index is 13.1. The Kier molecular flexibility index (Phi) is 6.12. The summed E-state index contributed by atoms with van der Waals surface area (Å²) in [7, 11) is 1.61. The van der Waals surface area contributed by atoms with Gasteiger partial charge in [0, 0.05) is 36.8 Å². The SMILES string of the molecule is COc1ccccc1[C@]1(O)CCCN(CC(=O)c2ccc3c(c2)CCCN3C(C)=O)C1. The molecule has 2 aromatic rings. The van der Waals surface area contributed by atoms with Gasteiger partial charge in [-0.15, -0.1) is 0 Å². The van der Waals surface area contributed by atoms with Crippen molar-refractivity contribution < 1.29 is 19.4 Å². The smallest absolute Gasteiger partial charge is 0.223 e. The lowest BCUT2D eigenvalue weighted by atomic mass is 9.85. The zero-order valence-electron chi connectivity index (χ0n) is 18.3. The molecule has 2 heterocycles. The molecule has 0 saturated carbocycles. The van der Waals surface area contributed by atoms with Crippen molar-refractivity contribution in [2.75, 3.05) is 38.2 Å². The minimum absolute atomic E-state index is 0.0315. The maximum Gasteiger partial charge on any atom is 0.223 e. The summed E-state index contributed by atoms with van der Waals surface area (Å²) < 4.78 is 5.45. The van der Waals surface area contributed by atoms with Crippen LogP contribution in [-0.2, 0) is 16.8 Å². The fourth-order valence-corrected chi connectivity index (χ4v) is 4.90. The number of para-hydroxylation sites is 1. The quantitative estimate of drug-likeness (QED) is 0.750. The summed E-state index contributed by atoms with van der Waals surface area (Å²) in [6, 6.07) is 13.2. The number of carbonyl (C=O) groups is 2. The van der Waals surface area contributed by atoms with Gasteiger partial charge in [0.05, 0.1) is 13.7 Å². The van der Waals surface area contributed by atoms with Gasteiger partial charge in [0.1, 0.15) is 11.4 Å². The van der Waals surface area contributed by atoms with Crippen molar-refractivity contribution in [2.45, 2.75) is 38.2 Å². The van der Waals surface area contributed by atoms with Gasteiger partial charge in [0.15, 0.2) is 5.78 Å². The molecule has 0 unspecified atom stereocenters. The number of carbonyl (C=O) groups excluding carboxylic acids is 2. The first kappa shape index (κ1) is 21.5. The van der Waals surface area contributed by atoms with E-state index in [1.54, 1.807) is 18.9 Å². The molecule has 1 atom stereocenters. The number of ether oxygens (including phenoxy) is 1.